The minimum atomic E-state index is -3.22. The van der Waals surface area contributed by atoms with E-state index < -0.39 is 10.0 Å². The van der Waals surface area contributed by atoms with Crippen molar-refractivity contribution < 1.29 is 13.2 Å². The van der Waals surface area contributed by atoms with Gasteiger partial charge in [-0.05, 0) is 30.7 Å². The van der Waals surface area contributed by atoms with Gasteiger partial charge in [0.15, 0.2) is 0 Å². The van der Waals surface area contributed by atoms with Gasteiger partial charge in [0.25, 0.3) is 5.91 Å². The van der Waals surface area contributed by atoms with Crippen LogP contribution in [-0.2, 0) is 23.0 Å². The van der Waals surface area contributed by atoms with E-state index in [1.165, 1.54) is 11.3 Å². The first-order valence-electron chi connectivity index (χ1n) is 10.4. The summed E-state index contributed by atoms with van der Waals surface area (Å²) in [6, 6.07) is 23.3. The fourth-order valence-corrected chi connectivity index (χ4v) is 4.74. The minimum absolute atomic E-state index is 0.172. The highest BCUT2D eigenvalue weighted by atomic mass is 32.2. The van der Waals surface area contributed by atoms with Crippen molar-refractivity contribution in [2.24, 2.45) is 0 Å². The van der Waals surface area contributed by atoms with Crippen molar-refractivity contribution in [2.45, 2.75) is 13.0 Å². The standard InChI is InChI=1S/C24H24N4O3S2/c1-33(30,31)26-15-14-21-12-13-22(32-21)24(29)25-16-19-17-28(20-10-6-3-7-11-20)27-23(19)18-8-4-2-5-9-18/h2-13,17,26H,14-16H2,1H3,(H,25,29). The molecule has 0 fully saturated rings. The Hall–Kier alpha value is -3.27. The van der Waals surface area contributed by atoms with Gasteiger partial charge >= 0.3 is 0 Å². The number of amides is 1. The van der Waals surface area contributed by atoms with Gasteiger partial charge in [0, 0.05) is 35.3 Å². The zero-order valence-corrected chi connectivity index (χ0v) is 19.7. The summed E-state index contributed by atoms with van der Waals surface area (Å²) in [5.41, 5.74) is 3.65. The summed E-state index contributed by atoms with van der Waals surface area (Å²) < 4.78 is 26.7. The molecule has 2 heterocycles. The molecule has 170 valence electrons. The van der Waals surface area contributed by atoms with Gasteiger partial charge in [-0.15, -0.1) is 11.3 Å². The van der Waals surface area contributed by atoms with Crippen LogP contribution in [0.5, 0.6) is 0 Å². The van der Waals surface area contributed by atoms with Gasteiger partial charge in [0.1, 0.15) is 0 Å². The first-order chi connectivity index (χ1) is 15.9. The molecule has 0 aliphatic rings. The average molecular weight is 481 g/mol. The van der Waals surface area contributed by atoms with Crippen LogP contribution in [0.4, 0.5) is 0 Å². The monoisotopic (exact) mass is 480 g/mol. The number of thiophene rings is 1. The van der Waals surface area contributed by atoms with Crippen LogP contribution in [0.25, 0.3) is 16.9 Å². The molecule has 4 rings (SSSR count). The number of hydrogen-bond acceptors (Lipinski definition) is 5. The number of sulfonamides is 1. The molecule has 2 aromatic carbocycles. The van der Waals surface area contributed by atoms with Crippen LogP contribution in [0.3, 0.4) is 0 Å². The SMILES string of the molecule is CS(=O)(=O)NCCc1ccc(C(=O)NCc2cn(-c3ccccc3)nc2-c2ccccc2)s1. The lowest BCUT2D eigenvalue weighted by molar-refractivity contribution is 0.0955. The Morgan fingerprint density at radius 1 is 1.00 bits per heavy atom. The van der Waals surface area contributed by atoms with E-state index in [9.17, 15) is 13.2 Å². The summed E-state index contributed by atoms with van der Waals surface area (Å²) in [6.45, 7) is 0.637. The number of rotatable bonds is 9. The van der Waals surface area contributed by atoms with E-state index >= 15 is 0 Å². The van der Waals surface area contributed by atoms with Crippen LogP contribution >= 0.6 is 11.3 Å². The molecule has 0 saturated carbocycles. The molecule has 0 aliphatic heterocycles. The summed E-state index contributed by atoms with van der Waals surface area (Å²) >= 11 is 1.36. The summed E-state index contributed by atoms with van der Waals surface area (Å²) in [6.07, 6.45) is 3.60. The van der Waals surface area contributed by atoms with E-state index in [1.807, 2.05) is 77.6 Å². The molecule has 9 heteroatoms. The number of para-hydroxylation sites is 1. The zero-order valence-electron chi connectivity index (χ0n) is 18.1. The lowest BCUT2D eigenvalue weighted by Crippen LogP contribution is -2.24. The molecule has 2 N–H and O–H groups in total. The molecule has 0 unspecified atom stereocenters. The Bertz CT molecular complexity index is 1330. The zero-order chi connectivity index (χ0) is 23.3. The van der Waals surface area contributed by atoms with Crippen molar-refractivity contribution in [3.8, 4) is 16.9 Å². The number of nitrogens with zero attached hydrogens (tertiary/aromatic N) is 2. The van der Waals surface area contributed by atoms with E-state index in [4.69, 9.17) is 5.10 Å². The molecule has 0 spiro atoms. The Kier molecular flexibility index (Phi) is 7.02. The second-order valence-corrected chi connectivity index (χ2v) is 10.5. The summed E-state index contributed by atoms with van der Waals surface area (Å²) in [5.74, 6) is -0.172. The van der Waals surface area contributed by atoms with Crippen LogP contribution in [0.1, 0.15) is 20.1 Å². The largest absolute Gasteiger partial charge is 0.347 e. The van der Waals surface area contributed by atoms with E-state index in [0.717, 1.165) is 33.6 Å². The van der Waals surface area contributed by atoms with Crippen molar-refractivity contribution >= 4 is 27.3 Å². The number of nitrogens with one attached hydrogen (secondary N) is 2. The second-order valence-electron chi connectivity index (χ2n) is 7.51. The van der Waals surface area contributed by atoms with Crippen molar-refractivity contribution in [3.05, 3.63) is 94.3 Å². The van der Waals surface area contributed by atoms with Crippen LogP contribution in [0.15, 0.2) is 79.0 Å². The van der Waals surface area contributed by atoms with Crippen molar-refractivity contribution in [2.75, 3.05) is 12.8 Å². The van der Waals surface area contributed by atoms with Gasteiger partial charge in [0.05, 0.1) is 22.5 Å². The van der Waals surface area contributed by atoms with E-state index in [0.29, 0.717) is 24.4 Å². The van der Waals surface area contributed by atoms with Gasteiger partial charge < -0.3 is 5.32 Å². The Morgan fingerprint density at radius 2 is 1.70 bits per heavy atom. The molecule has 0 saturated heterocycles. The predicted octanol–water partition coefficient (Wildman–Crippen LogP) is 3.62. The van der Waals surface area contributed by atoms with Crippen molar-refractivity contribution in [3.63, 3.8) is 0 Å². The van der Waals surface area contributed by atoms with E-state index in [2.05, 4.69) is 10.0 Å². The normalized spacial score (nSPS) is 11.4. The third kappa shape index (κ3) is 6.16. The molecule has 2 aromatic heterocycles. The third-order valence-electron chi connectivity index (χ3n) is 4.92. The molecular weight excluding hydrogens is 456 g/mol. The molecule has 7 nitrogen and oxygen atoms in total. The van der Waals surface area contributed by atoms with Gasteiger partial charge in [-0.25, -0.2) is 17.8 Å². The Labute approximate surface area is 197 Å². The van der Waals surface area contributed by atoms with Gasteiger partial charge in [-0.1, -0.05) is 48.5 Å². The third-order valence-corrected chi connectivity index (χ3v) is 6.79. The summed E-state index contributed by atoms with van der Waals surface area (Å²) in [5, 5.41) is 7.76. The summed E-state index contributed by atoms with van der Waals surface area (Å²) in [4.78, 5) is 14.3. The second kappa shape index (κ2) is 10.1. The molecular formula is C24H24N4O3S2. The van der Waals surface area contributed by atoms with Crippen LogP contribution in [0.2, 0.25) is 0 Å². The molecule has 0 radical (unpaired) electrons. The van der Waals surface area contributed by atoms with Crippen LogP contribution < -0.4 is 10.0 Å². The topological polar surface area (TPSA) is 93.1 Å². The molecule has 0 atom stereocenters. The smallest absolute Gasteiger partial charge is 0.261 e. The fourth-order valence-electron chi connectivity index (χ4n) is 3.35. The average Bonchev–Trinajstić information content (AvgIpc) is 3.45. The minimum Gasteiger partial charge on any atom is -0.347 e. The van der Waals surface area contributed by atoms with Gasteiger partial charge in [0.2, 0.25) is 10.0 Å². The predicted molar refractivity (Wildman–Crippen MR) is 131 cm³/mol. The maximum Gasteiger partial charge on any atom is 0.261 e. The molecule has 0 bridgehead atoms. The van der Waals surface area contributed by atoms with E-state index in [-0.39, 0.29) is 5.91 Å². The van der Waals surface area contributed by atoms with E-state index in [1.54, 1.807) is 6.07 Å². The Morgan fingerprint density at radius 3 is 2.39 bits per heavy atom. The molecule has 1 amide bonds. The van der Waals surface area contributed by atoms with Gasteiger partial charge in [-0.3, -0.25) is 4.79 Å². The first kappa shape index (κ1) is 22.9. The van der Waals surface area contributed by atoms with Crippen LogP contribution in [-0.4, -0.2) is 36.9 Å². The number of aromatic nitrogens is 2. The fraction of sp³-hybridized carbons (Fsp3) is 0.167. The number of carbonyl (C=O) groups excluding carboxylic acids is 1. The maximum absolute atomic E-state index is 12.7. The van der Waals surface area contributed by atoms with Gasteiger partial charge in [-0.2, -0.15) is 5.10 Å². The first-order valence-corrected chi connectivity index (χ1v) is 13.1. The number of hydrogen-bond donors (Lipinski definition) is 2. The van der Waals surface area contributed by atoms with Crippen molar-refractivity contribution in [1.29, 1.82) is 0 Å². The summed E-state index contributed by atoms with van der Waals surface area (Å²) in [7, 11) is -3.22. The van der Waals surface area contributed by atoms with Crippen LogP contribution in [0, 0.1) is 0 Å². The maximum atomic E-state index is 12.7. The molecule has 4 aromatic rings. The molecule has 0 aliphatic carbocycles. The quantitative estimate of drug-likeness (QED) is 0.383. The Balaban J connectivity index is 1.47. The lowest BCUT2D eigenvalue weighted by Gasteiger charge is -2.04. The highest BCUT2D eigenvalue weighted by Gasteiger charge is 2.15. The molecule has 33 heavy (non-hydrogen) atoms. The number of carbonyl (C=O) groups is 1. The lowest BCUT2D eigenvalue weighted by atomic mass is 10.1. The van der Waals surface area contributed by atoms with Crippen molar-refractivity contribution in [1.82, 2.24) is 19.8 Å². The highest BCUT2D eigenvalue weighted by molar-refractivity contribution is 7.88. The highest BCUT2D eigenvalue weighted by Crippen LogP contribution is 2.24. The number of benzene rings is 2.